The molecule has 2 aliphatic heterocycles. The van der Waals surface area contributed by atoms with Gasteiger partial charge < -0.3 is 10.1 Å². The smallest absolute Gasteiger partial charge is 0.0462 e. The fraction of sp³-hybridized carbons (Fsp3) is 1.00. The molecule has 3 atom stereocenters. The lowest BCUT2D eigenvalue weighted by Gasteiger charge is -2.24. The van der Waals surface area contributed by atoms with Crippen LogP contribution in [0.4, 0.5) is 0 Å². The minimum Gasteiger partial charge on any atom is -0.385 e. The van der Waals surface area contributed by atoms with Crippen LogP contribution in [0.2, 0.25) is 0 Å². The number of unbranched alkanes of at least 4 members (excludes halogenated alkanes) is 1. The van der Waals surface area contributed by atoms with Crippen LogP contribution in [0.5, 0.6) is 0 Å². The lowest BCUT2D eigenvalue weighted by Crippen LogP contribution is -2.34. The maximum Gasteiger partial charge on any atom is 0.0462 e. The van der Waals surface area contributed by atoms with Crippen LogP contribution in [0.15, 0.2) is 0 Å². The zero-order chi connectivity index (χ0) is 10.7. The molecular weight excluding hydrogens is 188 g/mol. The Morgan fingerprint density at radius 1 is 1.33 bits per heavy atom. The lowest BCUT2D eigenvalue weighted by molar-refractivity contribution is 0.179. The maximum absolute atomic E-state index is 5.08. The molecule has 88 valence electrons. The highest BCUT2D eigenvalue weighted by Gasteiger charge is 2.41. The molecular formula is C12H24N2O. The molecule has 2 fully saturated rings. The summed E-state index contributed by atoms with van der Waals surface area (Å²) in [6.45, 7) is 8.36. The van der Waals surface area contributed by atoms with E-state index in [2.05, 4.69) is 17.1 Å². The highest BCUT2D eigenvalue weighted by molar-refractivity contribution is 4.96. The summed E-state index contributed by atoms with van der Waals surface area (Å²) in [4.78, 5) is 2.67. The van der Waals surface area contributed by atoms with Gasteiger partial charge in [-0.2, -0.15) is 0 Å². The Bertz CT molecular complexity index is 198. The number of rotatable bonds is 5. The van der Waals surface area contributed by atoms with Gasteiger partial charge in [0.25, 0.3) is 0 Å². The van der Waals surface area contributed by atoms with Gasteiger partial charge in [-0.05, 0) is 51.2 Å². The summed E-state index contributed by atoms with van der Waals surface area (Å²) in [5.74, 6) is 1.83. The average molecular weight is 212 g/mol. The first-order chi connectivity index (χ1) is 7.33. The third-order valence-electron chi connectivity index (χ3n) is 4.10. The standard InChI is InChI=1S/C12H24N2O/c1-10-12-8-13-7-11(12)9-14(10)5-3-4-6-15-2/h10-13H,3-9H2,1-2H3. The quantitative estimate of drug-likeness (QED) is 0.687. The fourth-order valence-electron chi connectivity index (χ4n) is 3.11. The topological polar surface area (TPSA) is 24.5 Å². The van der Waals surface area contributed by atoms with Gasteiger partial charge in [0.2, 0.25) is 0 Å². The van der Waals surface area contributed by atoms with Crippen molar-refractivity contribution < 1.29 is 4.74 Å². The molecule has 2 saturated heterocycles. The zero-order valence-corrected chi connectivity index (χ0v) is 10.0. The van der Waals surface area contributed by atoms with Crippen LogP contribution < -0.4 is 5.32 Å². The van der Waals surface area contributed by atoms with Gasteiger partial charge in [-0.15, -0.1) is 0 Å². The van der Waals surface area contributed by atoms with Crippen LogP contribution >= 0.6 is 0 Å². The molecule has 0 aromatic carbocycles. The van der Waals surface area contributed by atoms with E-state index in [0.717, 1.165) is 24.5 Å². The van der Waals surface area contributed by atoms with E-state index in [9.17, 15) is 0 Å². The molecule has 15 heavy (non-hydrogen) atoms. The zero-order valence-electron chi connectivity index (χ0n) is 10.0. The third-order valence-corrected chi connectivity index (χ3v) is 4.10. The number of methoxy groups -OCH3 is 1. The van der Waals surface area contributed by atoms with Crippen LogP contribution in [0, 0.1) is 11.8 Å². The van der Waals surface area contributed by atoms with E-state index in [-0.39, 0.29) is 0 Å². The molecule has 0 saturated carbocycles. The molecule has 0 aromatic rings. The summed E-state index contributed by atoms with van der Waals surface area (Å²) < 4.78 is 5.08. The van der Waals surface area contributed by atoms with E-state index in [4.69, 9.17) is 4.74 Å². The van der Waals surface area contributed by atoms with Crippen molar-refractivity contribution in [2.45, 2.75) is 25.8 Å². The summed E-state index contributed by atoms with van der Waals surface area (Å²) in [7, 11) is 1.79. The Balaban J connectivity index is 1.70. The Morgan fingerprint density at radius 2 is 2.20 bits per heavy atom. The van der Waals surface area contributed by atoms with Gasteiger partial charge in [-0.1, -0.05) is 0 Å². The van der Waals surface area contributed by atoms with Crippen molar-refractivity contribution >= 4 is 0 Å². The van der Waals surface area contributed by atoms with Crippen molar-refractivity contribution in [3.05, 3.63) is 0 Å². The third kappa shape index (κ3) is 2.52. The van der Waals surface area contributed by atoms with Gasteiger partial charge in [0.15, 0.2) is 0 Å². The number of likely N-dealkylation sites (tertiary alicyclic amines) is 1. The second-order valence-electron chi connectivity index (χ2n) is 5.02. The number of hydrogen-bond donors (Lipinski definition) is 1. The Morgan fingerprint density at radius 3 is 2.93 bits per heavy atom. The van der Waals surface area contributed by atoms with Gasteiger partial charge in [0.05, 0.1) is 0 Å². The molecule has 3 nitrogen and oxygen atoms in total. The molecule has 2 heterocycles. The van der Waals surface area contributed by atoms with Gasteiger partial charge in [-0.25, -0.2) is 0 Å². The predicted molar refractivity (Wildman–Crippen MR) is 62.0 cm³/mol. The first-order valence-electron chi connectivity index (χ1n) is 6.26. The maximum atomic E-state index is 5.08. The highest BCUT2D eigenvalue weighted by Crippen LogP contribution is 2.32. The summed E-state index contributed by atoms with van der Waals surface area (Å²) in [6.07, 6.45) is 2.48. The molecule has 2 aliphatic rings. The van der Waals surface area contributed by atoms with Crippen molar-refractivity contribution in [3.63, 3.8) is 0 Å². The van der Waals surface area contributed by atoms with Gasteiger partial charge in [-0.3, -0.25) is 4.90 Å². The van der Waals surface area contributed by atoms with Crippen LogP contribution in [0.1, 0.15) is 19.8 Å². The molecule has 0 aromatic heterocycles. The highest BCUT2D eigenvalue weighted by atomic mass is 16.5. The summed E-state index contributed by atoms with van der Waals surface area (Å²) in [5.41, 5.74) is 0. The fourth-order valence-corrected chi connectivity index (χ4v) is 3.11. The molecule has 0 aliphatic carbocycles. The lowest BCUT2D eigenvalue weighted by atomic mass is 9.95. The van der Waals surface area contributed by atoms with E-state index < -0.39 is 0 Å². The Labute approximate surface area is 93.2 Å². The second-order valence-corrected chi connectivity index (χ2v) is 5.02. The van der Waals surface area contributed by atoms with E-state index in [1.54, 1.807) is 7.11 Å². The first-order valence-corrected chi connectivity index (χ1v) is 6.26. The SMILES string of the molecule is COCCCCN1CC2CNCC2C1C. The van der Waals surface area contributed by atoms with Crippen LogP contribution in [-0.4, -0.2) is 50.8 Å². The normalized spacial score (nSPS) is 36.0. The second kappa shape index (κ2) is 5.28. The molecule has 0 amide bonds. The van der Waals surface area contributed by atoms with E-state index >= 15 is 0 Å². The molecule has 3 heteroatoms. The molecule has 3 unspecified atom stereocenters. The van der Waals surface area contributed by atoms with Gasteiger partial charge in [0, 0.05) is 26.3 Å². The van der Waals surface area contributed by atoms with Crippen molar-refractivity contribution in [2.75, 3.05) is 39.9 Å². The van der Waals surface area contributed by atoms with Crippen LogP contribution in [-0.2, 0) is 4.74 Å². The summed E-state index contributed by atoms with van der Waals surface area (Å²) >= 11 is 0. The Hall–Kier alpha value is -0.120. The number of hydrogen-bond acceptors (Lipinski definition) is 3. The predicted octanol–water partition coefficient (Wildman–Crippen LogP) is 0.953. The van der Waals surface area contributed by atoms with Crippen molar-refractivity contribution in [1.82, 2.24) is 10.2 Å². The van der Waals surface area contributed by atoms with E-state index in [0.29, 0.717) is 0 Å². The molecule has 1 N–H and O–H groups in total. The van der Waals surface area contributed by atoms with E-state index in [1.807, 2.05) is 0 Å². The van der Waals surface area contributed by atoms with E-state index in [1.165, 1.54) is 39.0 Å². The largest absolute Gasteiger partial charge is 0.385 e. The number of nitrogens with one attached hydrogen (secondary N) is 1. The van der Waals surface area contributed by atoms with Crippen molar-refractivity contribution in [1.29, 1.82) is 0 Å². The summed E-state index contributed by atoms with van der Waals surface area (Å²) in [6, 6.07) is 0.785. The minimum absolute atomic E-state index is 0.785. The van der Waals surface area contributed by atoms with Crippen LogP contribution in [0.3, 0.4) is 0 Å². The molecule has 0 radical (unpaired) electrons. The number of fused-ring (bicyclic) bond motifs is 1. The van der Waals surface area contributed by atoms with Crippen molar-refractivity contribution in [2.24, 2.45) is 11.8 Å². The average Bonchev–Trinajstić information content (AvgIpc) is 2.78. The van der Waals surface area contributed by atoms with Gasteiger partial charge in [0.1, 0.15) is 0 Å². The summed E-state index contributed by atoms with van der Waals surface area (Å²) in [5, 5.41) is 3.50. The molecule has 0 spiro atoms. The Kier molecular flexibility index (Phi) is 4.00. The minimum atomic E-state index is 0.785. The van der Waals surface area contributed by atoms with Crippen LogP contribution in [0.25, 0.3) is 0 Å². The molecule has 2 rings (SSSR count). The first kappa shape index (κ1) is 11.4. The molecule has 0 bridgehead atoms. The monoisotopic (exact) mass is 212 g/mol. The van der Waals surface area contributed by atoms with Gasteiger partial charge >= 0.3 is 0 Å². The number of nitrogens with zero attached hydrogens (tertiary/aromatic N) is 1. The number of ether oxygens (including phenoxy) is 1. The van der Waals surface area contributed by atoms with Crippen molar-refractivity contribution in [3.8, 4) is 0 Å².